The highest BCUT2D eigenvalue weighted by molar-refractivity contribution is 7.88. The highest BCUT2D eigenvalue weighted by Gasteiger charge is 2.20. The normalized spacial score (nSPS) is 13.8. The van der Waals surface area contributed by atoms with Gasteiger partial charge in [-0.15, -0.1) is 0 Å². The molecule has 1 rings (SSSR count). The molecule has 0 saturated carbocycles. The van der Waals surface area contributed by atoms with E-state index in [1.807, 2.05) is 44.2 Å². The van der Waals surface area contributed by atoms with Crippen LogP contribution >= 0.6 is 0 Å². The van der Waals surface area contributed by atoms with Gasteiger partial charge in [0.1, 0.15) is 0 Å². The maximum atomic E-state index is 12.0. The Bertz CT molecular complexity index is 443. The molecule has 1 aromatic rings. The Balaban J connectivity index is 2.69. The summed E-state index contributed by atoms with van der Waals surface area (Å²) < 4.78 is 26.8. The minimum atomic E-state index is -3.31. The zero-order valence-corrected chi connectivity index (χ0v) is 11.8. The second kappa shape index (κ2) is 6.87. The fourth-order valence-electron chi connectivity index (χ4n) is 1.77. The molecular formula is C13H22N2O2S. The van der Waals surface area contributed by atoms with Gasteiger partial charge in [-0.25, -0.2) is 13.1 Å². The summed E-state index contributed by atoms with van der Waals surface area (Å²) >= 11 is 0. The van der Waals surface area contributed by atoms with Crippen LogP contribution in [0, 0.1) is 5.92 Å². The summed E-state index contributed by atoms with van der Waals surface area (Å²) in [6, 6.07) is 9.08. The van der Waals surface area contributed by atoms with Gasteiger partial charge in [0.25, 0.3) is 0 Å². The monoisotopic (exact) mass is 270 g/mol. The summed E-state index contributed by atoms with van der Waals surface area (Å²) in [5.74, 6) is 0.251. The predicted molar refractivity (Wildman–Crippen MR) is 74.5 cm³/mol. The van der Waals surface area contributed by atoms with E-state index in [1.54, 1.807) is 0 Å². The molecule has 1 atom stereocenters. The molecule has 0 heterocycles. The van der Waals surface area contributed by atoms with Crippen molar-refractivity contribution in [1.29, 1.82) is 0 Å². The topological polar surface area (TPSA) is 72.2 Å². The molecule has 0 aliphatic heterocycles. The maximum Gasteiger partial charge on any atom is 0.216 e. The molecule has 102 valence electrons. The number of hydrogen-bond acceptors (Lipinski definition) is 3. The van der Waals surface area contributed by atoms with E-state index >= 15 is 0 Å². The summed E-state index contributed by atoms with van der Waals surface area (Å²) in [7, 11) is -3.31. The van der Waals surface area contributed by atoms with Gasteiger partial charge in [0.05, 0.1) is 5.75 Å². The molecule has 1 aromatic carbocycles. The third kappa shape index (κ3) is 5.16. The van der Waals surface area contributed by atoms with Gasteiger partial charge < -0.3 is 5.73 Å². The van der Waals surface area contributed by atoms with Gasteiger partial charge in [-0.05, 0) is 24.4 Å². The van der Waals surface area contributed by atoms with E-state index in [9.17, 15) is 8.42 Å². The molecule has 5 heteroatoms. The van der Waals surface area contributed by atoms with Gasteiger partial charge in [-0.3, -0.25) is 0 Å². The van der Waals surface area contributed by atoms with E-state index < -0.39 is 10.0 Å². The van der Waals surface area contributed by atoms with Crippen molar-refractivity contribution in [2.75, 3.05) is 6.54 Å². The van der Waals surface area contributed by atoms with Crippen molar-refractivity contribution in [3.8, 4) is 0 Å². The quantitative estimate of drug-likeness (QED) is 0.788. The number of sulfonamides is 1. The largest absolute Gasteiger partial charge is 0.330 e. The average molecular weight is 270 g/mol. The van der Waals surface area contributed by atoms with Crippen LogP contribution in [0.1, 0.15) is 25.8 Å². The van der Waals surface area contributed by atoms with E-state index in [0.29, 0.717) is 13.0 Å². The Morgan fingerprint density at radius 2 is 1.83 bits per heavy atom. The first-order chi connectivity index (χ1) is 8.44. The van der Waals surface area contributed by atoms with Crippen LogP contribution in [0.25, 0.3) is 0 Å². The van der Waals surface area contributed by atoms with Crippen molar-refractivity contribution in [2.45, 2.75) is 32.1 Å². The van der Waals surface area contributed by atoms with Crippen LogP contribution in [-0.2, 0) is 15.8 Å². The van der Waals surface area contributed by atoms with Gasteiger partial charge in [0, 0.05) is 6.04 Å². The van der Waals surface area contributed by atoms with Crippen molar-refractivity contribution in [3.63, 3.8) is 0 Å². The minimum Gasteiger partial charge on any atom is -0.330 e. The summed E-state index contributed by atoms with van der Waals surface area (Å²) in [5, 5.41) is 0. The third-order valence-corrected chi connectivity index (χ3v) is 4.19. The Hall–Kier alpha value is -0.910. The van der Waals surface area contributed by atoms with Crippen LogP contribution in [0.5, 0.6) is 0 Å². The van der Waals surface area contributed by atoms with Crippen LogP contribution < -0.4 is 10.5 Å². The molecule has 0 fully saturated rings. The van der Waals surface area contributed by atoms with E-state index in [1.165, 1.54) is 0 Å². The predicted octanol–water partition coefficient (Wildman–Crippen LogP) is 1.48. The molecule has 18 heavy (non-hydrogen) atoms. The summed E-state index contributed by atoms with van der Waals surface area (Å²) in [6.07, 6.45) is 0.658. The highest BCUT2D eigenvalue weighted by Crippen LogP contribution is 2.10. The fraction of sp³-hybridized carbons (Fsp3) is 0.538. The SMILES string of the molecule is CC(C)C(CCN)NS(=O)(=O)Cc1ccccc1. The molecule has 0 aromatic heterocycles. The zero-order valence-electron chi connectivity index (χ0n) is 11.0. The number of hydrogen-bond donors (Lipinski definition) is 2. The van der Waals surface area contributed by atoms with Gasteiger partial charge >= 0.3 is 0 Å². The summed E-state index contributed by atoms with van der Waals surface area (Å²) in [5.41, 5.74) is 6.30. The molecule has 0 aliphatic rings. The molecule has 0 aliphatic carbocycles. The number of benzene rings is 1. The van der Waals surface area contributed by atoms with Gasteiger partial charge in [-0.2, -0.15) is 0 Å². The Labute approximate surface area is 110 Å². The number of nitrogens with one attached hydrogen (secondary N) is 1. The van der Waals surface area contributed by atoms with Crippen LogP contribution in [0.15, 0.2) is 30.3 Å². The second-order valence-electron chi connectivity index (χ2n) is 4.79. The molecule has 0 amide bonds. The Morgan fingerprint density at radius 3 is 2.33 bits per heavy atom. The molecule has 4 nitrogen and oxygen atoms in total. The van der Waals surface area contributed by atoms with Crippen molar-refractivity contribution < 1.29 is 8.42 Å². The zero-order chi connectivity index (χ0) is 13.6. The summed E-state index contributed by atoms with van der Waals surface area (Å²) in [6.45, 7) is 4.47. The average Bonchev–Trinajstić information content (AvgIpc) is 2.28. The molecule has 0 spiro atoms. The van der Waals surface area contributed by atoms with E-state index in [0.717, 1.165) is 5.56 Å². The van der Waals surface area contributed by atoms with Crippen LogP contribution in [0.3, 0.4) is 0 Å². The Morgan fingerprint density at radius 1 is 1.22 bits per heavy atom. The first-order valence-corrected chi connectivity index (χ1v) is 7.84. The lowest BCUT2D eigenvalue weighted by atomic mass is 10.0. The van der Waals surface area contributed by atoms with Gasteiger partial charge in [-0.1, -0.05) is 44.2 Å². The number of rotatable bonds is 7. The van der Waals surface area contributed by atoms with Crippen molar-refractivity contribution in [1.82, 2.24) is 4.72 Å². The summed E-state index contributed by atoms with van der Waals surface area (Å²) in [4.78, 5) is 0. The smallest absolute Gasteiger partial charge is 0.216 e. The molecule has 0 saturated heterocycles. The van der Waals surface area contributed by atoms with E-state index in [2.05, 4.69) is 4.72 Å². The lowest BCUT2D eigenvalue weighted by Gasteiger charge is -2.21. The van der Waals surface area contributed by atoms with Crippen molar-refractivity contribution in [3.05, 3.63) is 35.9 Å². The molecule has 0 radical (unpaired) electrons. The van der Waals surface area contributed by atoms with Crippen molar-refractivity contribution >= 4 is 10.0 Å². The Kier molecular flexibility index (Phi) is 5.78. The fourth-order valence-corrected chi connectivity index (χ4v) is 3.34. The van der Waals surface area contributed by atoms with Crippen LogP contribution in [-0.4, -0.2) is 21.0 Å². The first-order valence-electron chi connectivity index (χ1n) is 6.18. The van der Waals surface area contributed by atoms with Crippen LogP contribution in [0.4, 0.5) is 0 Å². The molecule has 1 unspecified atom stereocenters. The van der Waals surface area contributed by atoms with Gasteiger partial charge in [0.15, 0.2) is 0 Å². The van der Waals surface area contributed by atoms with Crippen LogP contribution in [0.2, 0.25) is 0 Å². The first kappa shape index (κ1) is 15.1. The van der Waals surface area contributed by atoms with Crippen molar-refractivity contribution in [2.24, 2.45) is 11.7 Å². The lowest BCUT2D eigenvalue weighted by Crippen LogP contribution is -2.40. The molecular weight excluding hydrogens is 248 g/mol. The maximum absolute atomic E-state index is 12.0. The molecule has 0 bridgehead atoms. The second-order valence-corrected chi connectivity index (χ2v) is 6.54. The highest BCUT2D eigenvalue weighted by atomic mass is 32.2. The number of nitrogens with two attached hydrogens (primary N) is 1. The third-order valence-electron chi connectivity index (χ3n) is 2.81. The lowest BCUT2D eigenvalue weighted by molar-refractivity contribution is 0.428. The van der Waals surface area contributed by atoms with E-state index in [-0.39, 0.29) is 17.7 Å². The minimum absolute atomic E-state index is 0.0155. The molecule has 3 N–H and O–H groups in total. The van der Waals surface area contributed by atoms with E-state index in [4.69, 9.17) is 5.73 Å². The van der Waals surface area contributed by atoms with Gasteiger partial charge in [0.2, 0.25) is 10.0 Å². The standard InChI is InChI=1S/C13H22N2O2S/c1-11(2)13(8-9-14)15-18(16,17)10-12-6-4-3-5-7-12/h3-7,11,13,15H,8-10,14H2,1-2H3.